The Morgan fingerprint density at radius 1 is 1.27 bits per heavy atom. The molecular weight excluding hydrogens is 305 g/mol. The number of rotatable bonds is 6. The highest BCUT2D eigenvalue weighted by atomic mass is 32.1. The average molecular weight is 319 g/mol. The standard InChI is InChI=1S/C16H14FNO3S/c17-13-4-2-12(3-5-13)14(9-16(20)21)18-15(19)6-1-11-7-8-22-10-11/h1-8,10,14H,9H2,(H,18,19)(H,20,21)/b6-1+/t14-/m1/s1. The van der Waals surface area contributed by atoms with Crippen LogP contribution in [0, 0.1) is 5.82 Å². The predicted molar refractivity (Wildman–Crippen MR) is 82.9 cm³/mol. The van der Waals surface area contributed by atoms with Crippen molar-refractivity contribution in [1.82, 2.24) is 5.32 Å². The minimum absolute atomic E-state index is 0.274. The van der Waals surface area contributed by atoms with Crippen LogP contribution in [0.5, 0.6) is 0 Å². The summed E-state index contributed by atoms with van der Waals surface area (Å²) in [6.07, 6.45) is 2.72. The van der Waals surface area contributed by atoms with Gasteiger partial charge in [-0.1, -0.05) is 12.1 Å². The van der Waals surface area contributed by atoms with E-state index >= 15 is 0 Å². The van der Waals surface area contributed by atoms with Gasteiger partial charge in [0.15, 0.2) is 0 Å². The molecule has 0 unspecified atom stereocenters. The Labute approximate surface area is 130 Å². The number of carboxylic acid groups (broad SMARTS) is 1. The Hall–Kier alpha value is -2.47. The van der Waals surface area contributed by atoms with Gasteiger partial charge in [-0.3, -0.25) is 9.59 Å². The molecule has 1 amide bonds. The summed E-state index contributed by atoms with van der Waals surface area (Å²) in [4.78, 5) is 22.8. The van der Waals surface area contributed by atoms with Crippen LogP contribution in [0.3, 0.4) is 0 Å². The molecule has 1 heterocycles. The maximum Gasteiger partial charge on any atom is 0.305 e. The topological polar surface area (TPSA) is 66.4 Å². The molecule has 1 aromatic heterocycles. The van der Waals surface area contributed by atoms with E-state index in [1.807, 2.05) is 16.8 Å². The van der Waals surface area contributed by atoms with E-state index in [2.05, 4.69) is 5.32 Å². The maximum absolute atomic E-state index is 12.9. The molecule has 0 saturated heterocycles. The number of aliphatic carboxylic acids is 1. The van der Waals surface area contributed by atoms with Gasteiger partial charge < -0.3 is 10.4 Å². The van der Waals surface area contributed by atoms with E-state index in [-0.39, 0.29) is 6.42 Å². The first-order valence-electron chi connectivity index (χ1n) is 6.52. The zero-order valence-electron chi connectivity index (χ0n) is 11.5. The molecule has 6 heteroatoms. The summed E-state index contributed by atoms with van der Waals surface area (Å²) in [5, 5.41) is 15.4. The smallest absolute Gasteiger partial charge is 0.305 e. The van der Waals surface area contributed by atoms with Gasteiger partial charge in [-0.05, 0) is 46.2 Å². The molecule has 2 N–H and O–H groups in total. The lowest BCUT2D eigenvalue weighted by Crippen LogP contribution is -2.28. The molecule has 0 aliphatic rings. The lowest BCUT2D eigenvalue weighted by atomic mass is 10.0. The SMILES string of the molecule is O=C(O)C[C@@H](NC(=O)/C=C/c1ccsc1)c1ccc(F)cc1. The Bertz CT molecular complexity index is 665. The fourth-order valence-electron chi connectivity index (χ4n) is 1.88. The van der Waals surface area contributed by atoms with Crippen LogP contribution < -0.4 is 5.32 Å². The summed E-state index contributed by atoms with van der Waals surface area (Å²) in [7, 11) is 0. The van der Waals surface area contributed by atoms with E-state index in [1.165, 1.54) is 41.7 Å². The van der Waals surface area contributed by atoms with Crippen molar-refractivity contribution in [2.24, 2.45) is 0 Å². The Morgan fingerprint density at radius 3 is 2.59 bits per heavy atom. The molecule has 2 aromatic rings. The van der Waals surface area contributed by atoms with Crippen LogP contribution in [0.1, 0.15) is 23.6 Å². The third-order valence-electron chi connectivity index (χ3n) is 2.94. The van der Waals surface area contributed by atoms with Crippen LogP contribution in [0.4, 0.5) is 4.39 Å². The normalized spacial score (nSPS) is 12.2. The minimum atomic E-state index is -1.04. The summed E-state index contributed by atoms with van der Waals surface area (Å²) < 4.78 is 12.9. The molecule has 1 aromatic carbocycles. The number of benzene rings is 1. The fraction of sp³-hybridized carbons (Fsp3) is 0.125. The second-order valence-electron chi connectivity index (χ2n) is 4.60. The van der Waals surface area contributed by atoms with Gasteiger partial charge >= 0.3 is 5.97 Å². The van der Waals surface area contributed by atoms with Crippen molar-refractivity contribution in [3.63, 3.8) is 0 Å². The van der Waals surface area contributed by atoms with E-state index in [0.29, 0.717) is 5.56 Å². The highest BCUT2D eigenvalue weighted by Crippen LogP contribution is 2.17. The van der Waals surface area contributed by atoms with E-state index in [9.17, 15) is 14.0 Å². The van der Waals surface area contributed by atoms with E-state index in [0.717, 1.165) is 5.56 Å². The monoisotopic (exact) mass is 319 g/mol. The number of amides is 1. The average Bonchev–Trinajstić information content (AvgIpc) is 2.98. The van der Waals surface area contributed by atoms with Crippen molar-refractivity contribution < 1.29 is 19.1 Å². The van der Waals surface area contributed by atoms with Gasteiger partial charge in [-0.2, -0.15) is 11.3 Å². The minimum Gasteiger partial charge on any atom is -0.481 e. The first-order valence-corrected chi connectivity index (χ1v) is 7.47. The van der Waals surface area contributed by atoms with Crippen LogP contribution in [-0.4, -0.2) is 17.0 Å². The van der Waals surface area contributed by atoms with E-state index < -0.39 is 23.7 Å². The van der Waals surface area contributed by atoms with Crippen molar-refractivity contribution in [3.05, 3.63) is 64.1 Å². The van der Waals surface area contributed by atoms with Gasteiger partial charge in [-0.25, -0.2) is 4.39 Å². The number of hydrogen-bond acceptors (Lipinski definition) is 3. The third-order valence-corrected chi connectivity index (χ3v) is 3.64. The number of carbonyl (C=O) groups is 2. The molecule has 1 atom stereocenters. The van der Waals surface area contributed by atoms with Gasteiger partial charge in [-0.15, -0.1) is 0 Å². The van der Waals surface area contributed by atoms with Gasteiger partial charge in [0, 0.05) is 6.08 Å². The van der Waals surface area contributed by atoms with Crippen LogP contribution in [0.15, 0.2) is 47.2 Å². The molecule has 0 fully saturated rings. The van der Waals surface area contributed by atoms with Crippen LogP contribution in [0.2, 0.25) is 0 Å². The summed E-state index contributed by atoms with van der Waals surface area (Å²) in [6.45, 7) is 0. The predicted octanol–water partition coefficient (Wildman–Crippen LogP) is 3.23. The van der Waals surface area contributed by atoms with Crippen molar-refractivity contribution in [3.8, 4) is 0 Å². The molecule has 0 radical (unpaired) electrons. The van der Waals surface area contributed by atoms with Crippen molar-refractivity contribution in [1.29, 1.82) is 0 Å². The molecule has 2 rings (SSSR count). The van der Waals surface area contributed by atoms with Crippen LogP contribution in [0.25, 0.3) is 6.08 Å². The zero-order chi connectivity index (χ0) is 15.9. The molecule has 0 aliphatic heterocycles. The summed E-state index contributed by atoms with van der Waals surface area (Å²) >= 11 is 1.52. The number of nitrogens with one attached hydrogen (secondary N) is 1. The number of halogens is 1. The fourth-order valence-corrected chi connectivity index (χ4v) is 2.51. The van der Waals surface area contributed by atoms with Crippen molar-refractivity contribution in [2.45, 2.75) is 12.5 Å². The first-order chi connectivity index (χ1) is 10.5. The number of thiophene rings is 1. The maximum atomic E-state index is 12.9. The number of carbonyl (C=O) groups excluding carboxylic acids is 1. The highest BCUT2D eigenvalue weighted by Gasteiger charge is 2.17. The van der Waals surface area contributed by atoms with E-state index in [1.54, 1.807) is 6.08 Å². The van der Waals surface area contributed by atoms with E-state index in [4.69, 9.17) is 5.11 Å². The van der Waals surface area contributed by atoms with Crippen molar-refractivity contribution in [2.75, 3.05) is 0 Å². The summed E-state index contributed by atoms with van der Waals surface area (Å²) in [5.41, 5.74) is 1.44. The Kier molecular flexibility index (Phi) is 5.43. The second-order valence-corrected chi connectivity index (χ2v) is 5.38. The van der Waals surface area contributed by atoms with Crippen LogP contribution in [-0.2, 0) is 9.59 Å². The molecule has 0 spiro atoms. The largest absolute Gasteiger partial charge is 0.481 e. The first kappa shape index (κ1) is 15.9. The number of carboxylic acids is 1. The van der Waals surface area contributed by atoms with Gasteiger partial charge in [0.2, 0.25) is 5.91 Å². The van der Waals surface area contributed by atoms with Gasteiger partial charge in [0.25, 0.3) is 0 Å². The summed E-state index contributed by atoms with van der Waals surface area (Å²) in [5.74, 6) is -1.86. The van der Waals surface area contributed by atoms with Gasteiger partial charge in [0.1, 0.15) is 5.82 Å². The second kappa shape index (κ2) is 7.51. The van der Waals surface area contributed by atoms with Gasteiger partial charge in [0.05, 0.1) is 12.5 Å². The third kappa shape index (κ3) is 4.82. The molecule has 114 valence electrons. The molecule has 0 bridgehead atoms. The van der Waals surface area contributed by atoms with Crippen LogP contribution >= 0.6 is 11.3 Å². The Balaban J connectivity index is 2.07. The number of hydrogen-bond donors (Lipinski definition) is 2. The van der Waals surface area contributed by atoms with Crippen molar-refractivity contribution >= 4 is 29.3 Å². The molecule has 0 aliphatic carbocycles. The molecule has 22 heavy (non-hydrogen) atoms. The summed E-state index contributed by atoms with van der Waals surface area (Å²) in [6, 6.07) is 6.55. The lowest BCUT2D eigenvalue weighted by molar-refractivity contribution is -0.137. The molecule has 4 nitrogen and oxygen atoms in total. The Morgan fingerprint density at radius 2 is 2.00 bits per heavy atom. The molecule has 0 saturated carbocycles. The highest BCUT2D eigenvalue weighted by molar-refractivity contribution is 7.08. The lowest BCUT2D eigenvalue weighted by Gasteiger charge is -2.16. The molecular formula is C16H14FNO3S. The zero-order valence-corrected chi connectivity index (χ0v) is 12.3. The quantitative estimate of drug-likeness (QED) is 0.803.